The molecule has 2 aliphatic heterocycles. The van der Waals surface area contributed by atoms with E-state index in [1.54, 1.807) is 6.20 Å². The molecule has 0 bridgehead atoms. The van der Waals surface area contributed by atoms with Gasteiger partial charge in [-0.3, -0.25) is 14.7 Å². The van der Waals surface area contributed by atoms with Crippen molar-refractivity contribution in [3.05, 3.63) is 52.5 Å². The van der Waals surface area contributed by atoms with E-state index in [2.05, 4.69) is 28.5 Å². The Labute approximate surface area is 226 Å². The van der Waals surface area contributed by atoms with Gasteiger partial charge in [0, 0.05) is 55.3 Å². The molecule has 2 fully saturated rings. The molecule has 0 spiro atoms. The minimum atomic E-state index is -0.843. The number of aryl methyl sites for hydroxylation is 2. The fourth-order valence-electron chi connectivity index (χ4n) is 5.53. The summed E-state index contributed by atoms with van der Waals surface area (Å²) < 4.78 is 12.1. The molecule has 38 heavy (non-hydrogen) atoms. The number of unbranched alkanes of at least 4 members (excludes halogenated alkanes) is 1. The molecule has 2 aromatic heterocycles. The van der Waals surface area contributed by atoms with E-state index in [1.165, 1.54) is 12.0 Å². The Bertz CT molecular complexity index is 1100. The number of carboxylic acids is 1. The monoisotopic (exact) mass is 522 g/mol. The standard InChI is InChI=1S/C30H42N4O4/c1-20(2)38-19-23-16-27(21-8-9-21)32-17-26(23)28(30(35)36)34-14-12-25(18-34)37-15-4-3-7-24-11-10-22-6-5-13-31-29(22)33-24/h10-11,16-17,20-21,25,28H,3-9,12-15,18-19H2,1-2H3,(H,31,33)(H,35,36)/t25-,28-/m1/s1. The Morgan fingerprint density at radius 1 is 1.24 bits per heavy atom. The third kappa shape index (κ3) is 6.90. The van der Waals surface area contributed by atoms with Crippen molar-refractivity contribution in [3.63, 3.8) is 0 Å². The van der Waals surface area contributed by atoms with E-state index in [9.17, 15) is 9.90 Å². The zero-order valence-electron chi connectivity index (χ0n) is 22.8. The van der Waals surface area contributed by atoms with Gasteiger partial charge in [0.25, 0.3) is 0 Å². The van der Waals surface area contributed by atoms with Gasteiger partial charge in [-0.25, -0.2) is 4.98 Å². The lowest BCUT2D eigenvalue weighted by Gasteiger charge is -2.26. The van der Waals surface area contributed by atoms with Gasteiger partial charge >= 0.3 is 5.97 Å². The van der Waals surface area contributed by atoms with Crippen LogP contribution in [0.5, 0.6) is 0 Å². The highest BCUT2D eigenvalue weighted by Gasteiger charge is 2.36. The minimum Gasteiger partial charge on any atom is -0.480 e. The number of fused-ring (bicyclic) bond motifs is 1. The van der Waals surface area contributed by atoms with Gasteiger partial charge in [0.1, 0.15) is 11.9 Å². The van der Waals surface area contributed by atoms with Crippen LogP contribution in [0.1, 0.15) is 92.4 Å². The first-order valence-corrected chi connectivity index (χ1v) is 14.4. The number of hydrogen-bond donors (Lipinski definition) is 2. The number of nitrogens with zero attached hydrogens (tertiary/aromatic N) is 3. The maximum atomic E-state index is 12.5. The van der Waals surface area contributed by atoms with E-state index in [4.69, 9.17) is 14.5 Å². The van der Waals surface area contributed by atoms with Gasteiger partial charge in [-0.2, -0.15) is 0 Å². The highest BCUT2D eigenvalue weighted by atomic mass is 16.5. The number of nitrogens with one attached hydrogen (secondary N) is 1. The maximum absolute atomic E-state index is 12.5. The zero-order chi connectivity index (χ0) is 26.5. The van der Waals surface area contributed by atoms with Crippen LogP contribution >= 0.6 is 0 Å². The van der Waals surface area contributed by atoms with Gasteiger partial charge in [-0.05, 0) is 88.5 Å². The normalized spacial score (nSPS) is 20.3. The Balaban J connectivity index is 1.13. The summed E-state index contributed by atoms with van der Waals surface area (Å²) in [5.74, 6) is 0.721. The largest absolute Gasteiger partial charge is 0.480 e. The van der Waals surface area contributed by atoms with Crippen molar-refractivity contribution in [1.82, 2.24) is 14.9 Å². The molecule has 1 aliphatic carbocycles. The highest BCUT2D eigenvalue weighted by molar-refractivity contribution is 5.76. The Kier molecular flexibility index (Phi) is 8.92. The van der Waals surface area contributed by atoms with Crippen LogP contribution in [0.3, 0.4) is 0 Å². The lowest BCUT2D eigenvalue weighted by Crippen LogP contribution is -2.34. The Morgan fingerprint density at radius 3 is 2.89 bits per heavy atom. The van der Waals surface area contributed by atoms with Gasteiger partial charge in [0.15, 0.2) is 0 Å². The topological polar surface area (TPSA) is 96.8 Å². The molecule has 1 saturated carbocycles. The number of pyridine rings is 2. The van der Waals surface area contributed by atoms with Crippen molar-refractivity contribution in [2.75, 3.05) is 31.6 Å². The van der Waals surface area contributed by atoms with Crippen LogP contribution in [0, 0.1) is 0 Å². The third-order valence-corrected chi connectivity index (χ3v) is 7.82. The van der Waals surface area contributed by atoms with Crippen LogP contribution in [0.15, 0.2) is 24.4 Å². The molecule has 0 radical (unpaired) electrons. The van der Waals surface area contributed by atoms with Crippen LogP contribution in [-0.4, -0.2) is 64.4 Å². The van der Waals surface area contributed by atoms with E-state index in [0.717, 1.165) is 79.8 Å². The Hall–Kier alpha value is -2.55. The first-order valence-electron chi connectivity index (χ1n) is 14.4. The second-order valence-electron chi connectivity index (χ2n) is 11.3. The van der Waals surface area contributed by atoms with Crippen LogP contribution in [0.4, 0.5) is 5.82 Å². The summed E-state index contributed by atoms with van der Waals surface area (Å²) in [5.41, 5.74) is 5.20. The number of aliphatic carboxylic acids is 1. The van der Waals surface area contributed by atoms with E-state index in [-0.39, 0.29) is 12.2 Å². The van der Waals surface area contributed by atoms with Crippen molar-refractivity contribution in [2.45, 2.75) is 96.0 Å². The SMILES string of the molecule is CC(C)OCc1cc(C2CC2)ncc1[C@H](C(=O)O)N1CC[C@@H](OCCCCc2ccc3c(n2)NCCC3)C1. The first kappa shape index (κ1) is 27.0. The van der Waals surface area contributed by atoms with Crippen LogP contribution in [0.2, 0.25) is 0 Å². The molecule has 2 N–H and O–H groups in total. The lowest BCUT2D eigenvalue weighted by molar-refractivity contribution is -0.143. The van der Waals surface area contributed by atoms with Crippen LogP contribution in [0.25, 0.3) is 0 Å². The minimum absolute atomic E-state index is 0.0528. The predicted octanol–water partition coefficient (Wildman–Crippen LogP) is 4.88. The molecule has 0 amide bonds. The van der Waals surface area contributed by atoms with Crippen molar-refractivity contribution in [2.24, 2.45) is 0 Å². The number of ether oxygens (including phenoxy) is 2. The molecular formula is C30H42N4O4. The zero-order valence-corrected chi connectivity index (χ0v) is 22.8. The lowest BCUT2D eigenvalue weighted by atomic mass is 10.00. The number of carboxylic acid groups (broad SMARTS) is 1. The summed E-state index contributed by atoms with van der Waals surface area (Å²) in [6.07, 6.45) is 10.3. The summed E-state index contributed by atoms with van der Waals surface area (Å²) in [7, 11) is 0. The van der Waals surface area contributed by atoms with Crippen molar-refractivity contribution < 1.29 is 19.4 Å². The molecule has 1 saturated heterocycles. The highest BCUT2D eigenvalue weighted by Crippen LogP contribution is 2.40. The van der Waals surface area contributed by atoms with Gasteiger partial charge in [0.05, 0.1) is 18.8 Å². The number of carbonyl (C=O) groups is 1. The van der Waals surface area contributed by atoms with Crippen LogP contribution in [-0.2, 0) is 33.7 Å². The van der Waals surface area contributed by atoms with Crippen molar-refractivity contribution >= 4 is 11.8 Å². The summed E-state index contributed by atoms with van der Waals surface area (Å²) in [6, 6.07) is 5.70. The van der Waals surface area contributed by atoms with Crippen molar-refractivity contribution in [1.29, 1.82) is 0 Å². The third-order valence-electron chi connectivity index (χ3n) is 7.82. The number of aromatic nitrogens is 2. The average molecular weight is 523 g/mol. The van der Waals surface area contributed by atoms with E-state index < -0.39 is 12.0 Å². The molecule has 8 nitrogen and oxygen atoms in total. The molecule has 2 atom stereocenters. The molecule has 5 rings (SSSR count). The average Bonchev–Trinajstić information content (AvgIpc) is 3.66. The molecule has 206 valence electrons. The van der Waals surface area contributed by atoms with E-state index in [1.807, 2.05) is 18.7 Å². The second kappa shape index (κ2) is 12.5. The quantitative estimate of drug-likeness (QED) is 0.360. The van der Waals surface area contributed by atoms with Gasteiger partial charge in [-0.15, -0.1) is 0 Å². The molecule has 0 unspecified atom stereocenters. The summed E-state index contributed by atoms with van der Waals surface area (Å²) >= 11 is 0. The number of rotatable bonds is 13. The number of likely N-dealkylation sites (tertiary alicyclic amines) is 1. The number of hydrogen-bond acceptors (Lipinski definition) is 7. The first-order chi connectivity index (χ1) is 18.5. The van der Waals surface area contributed by atoms with Crippen LogP contribution < -0.4 is 5.32 Å². The van der Waals surface area contributed by atoms with E-state index in [0.29, 0.717) is 32.2 Å². The predicted molar refractivity (Wildman–Crippen MR) is 146 cm³/mol. The van der Waals surface area contributed by atoms with Gasteiger partial charge < -0.3 is 19.9 Å². The molecular weight excluding hydrogens is 480 g/mol. The molecule has 2 aromatic rings. The molecule has 4 heterocycles. The maximum Gasteiger partial charge on any atom is 0.325 e. The summed E-state index contributed by atoms with van der Waals surface area (Å²) in [5, 5.41) is 13.6. The Morgan fingerprint density at radius 2 is 2.11 bits per heavy atom. The summed E-state index contributed by atoms with van der Waals surface area (Å²) in [4.78, 5) is 23.9. The smallest absolute Gasteiger partial charge is 0.325 e. The van der Waals surface area contributed by atoms with Gasteiger partial charge in [-0.1, -0.05) is 6.07 Å². The molecule has 8 heteroatoms. The van der Waals surface area contributed by atoms with Gasteiger partial charge in [0.2, 0.25) is 0 Å². The number of anilines is 1. The van der Waals surface area contributed by atoms with Crippen molar-refractivity contribution in [3.8, 4) is 0 Å². The second-order valence-corrected chi connectivity index (χ2v) is 11.3. The fourth-order valence-corrected chi connectivity index (χ4v) is 5.53. The summed E-state index contributed by atoms with van der Waals surface area (Å²) in [6.45, 7) is 7.41. The fraction of sp³-hybridized carbons (Fsp3) is 0.633. The van der Waals surface area contributed by atoms with E-state index >= 15 is 0 Å². The molecule has 3 aliphatic rings. The molecule has 0 aromatic carbocycles.